The number of carbonyl (C=O) groups is 3. The SMILES string of the molecule is CCCCCOc1ccc(C(=O)Nc2sc(C(=O)OCC)c(C)c2C(N)=O)cc1. The zero-order valence-corrected chi connectivity index (χ0v) is 17.7. The first-order valence-electron chi connectivity index (χ1n) is 9.53. The number of rotatable bonds is 10. The fourth-order valence-corrected chi connectivity index (χ4v) is 3.81. The molecular weight excluding hydrogens is 392 g/mol. The average Bonchev–Trinajstić information content (AvgIpc) is 3.02. The summed E-state index contributed by atoms with van der Waals surface area (Å²) < 4.78 is 10.6. The molecule has 0 aliphatic carbocycles. The molecule has 156 valence electrons. The minimum atomic E-state index is -0.722. The molecule has 2 aromatic rings. The molecule has 0 saturated carbocycles. The monoisotopic (exact) mass is 418 g/mol. The zero-order chi connectivity index (χ0) is 21.4. The maximum absolute atomic E-state index is 12.6. The lowest BCUT2D eigenvalue weighted by Crippen LogP contribution is -2.17. The number of anilines is 1. The van der Waals surface area contributed by atoms with Crippen LogP contribution in [0.15, 0.2) is 24.3 Å². The Kier molecular flexibility index (Phi) is 8.21. The van der Waals surface area contributed by atoms with Crippen LogP contribution in [0.25, 0.3) is 0 Å². The molecular formula is C21H26N2O5S. The summed E-state index contributed by atoms with van der Waals surface area (Å²) in [4.78, 5) is 36.8. The minimum absolute atomic E-state index is 0.113. The summed E-state index contributed by atoms with van der Waals surface area (Å²) in [7, 11) is 0. The number of amides is 2. The topological polar surface area (TPSA) is 108 Å². The summed E-state index contributed by atoms with van der Waals surface area (Å²) >= 11 is 0.972. The van der Waals surface area contributed by atoms with Crippen LogP contribution in [0.1, 0.15) is 69.1 Å². The van der Waals surface area contributed by atoms with E-state index in [4.69, 9.17) is 15.2 Å². The van der Waals surface area contributed by atoms with Gasteiger partial charge in [-0.05, 0) is 50.1 Å². The van der Waals surface area contributed by atoms with Crippen molar-refractivity contribution in [1.29, 1.82) is 0 Å². The third kappa shape index (κ3) is 5.80. The van der Waals surface area contributed by atoms with Gasteiger partial charge in [0.1, 0.15) is 15.6 Å². The quantitative estimate of drug-likeness (QED) is 0.445. The van der Waals surface area contributed by atoms with E-state index in [2.05, 4.69) is 12.2 Å². The van der Waals surface area contributed by atoms with Crippen LogP contribution in [0, 0.1) is 6.92 Å². The maximum atomic E-state index is 12.6. The van der Waals surface area contributed by atoms with Gasteiger partial charge in [-0.2, -0.15) is 0 Å². The third-order valence-corrected chi connectivity index (χ3v) is 5.40. The molecule has 0 radical (unpaired) electrons. The number of esters is 1. The lowest BCUT2D eigenvalue weighted by atomic mass is 10.1. The number of hydrogen-bond donors (Lipinski definition) is 2. The lowest BCUT2D eigenvalue weighted by molar-refractivity contribution is 0.0531. The highest BCUT2D eigenvalue weighted by molar-refractivity contribution is 7.18. The van der Waals surface area contributed by atoms with Crippen molar-refractivity contribution in [3.63, 3.8) is 0 Å². The molecule has 0 aliphatic rings. The predicted octanol–water partition coefficient (Wildman–Crippen LogP) is 4.15. The number of thiophene rings is 1. The molecule has 0 fully saturated rings. The Hall–Kier alpha value is -2.87. The van der Waals surface area contributed by atoms with E-state index in [1.165, 1.54) is 0 Å². The number of hydrogen-bond acceptors (Lipinski definition) is 6. The molecule has 0 unspecified atom stereocenters. The van der Waals surface area contributed by atoms with E-state index in [-0.39, 0.29) is 22.0 Å². The molecule has 1 aromatic carbocycles. The van der Waals surface area contributed by atoms with Crippen molar-refractivity contribution in [2.24, 2.45) is 5.73 Å². The van der Waals surface area contributed by atoms with Crippen LogP contribution in [-0.4, -0.2) is 31.0 Å². The van der Waals surface area contributed by atoms with Crippen LogP contribution >= 0.6 is 11.3 Å². The first-order chi connectivity index (χ1) is 13.9. The van der Waals surface area contributed by atoms with E-state index in [0.717, 1.165) is 30.6 Å². The Labute approximate surface area is 174 Å². The number of unbranched alkanes of at least 4 members (excludes halogenated alkanes) is 2. The molecule has 8 heteroatoms. The van der Waals surface area contributed by atoms with Crippen LogP contribution in [-0.2, 0) is 4.74 Å². The van der Waals surface area contributed by atoms with Gasteiger partial charge in [-0.25, -0.2) is 4.79 Å². The van der Waals surface area contributed by atoms with Gasteiger partial charge >= 0.3 is 5.97 Å². The predicted molar refractivity (Wildman–Crippen MR) is 113 cm³/mol. The van der Waals surface area contributed by atoms with Crippen molar-refractivity contribution >= 4 is 34.1 Å². The second kappa shape index (κ2) is 10.6. The van der Waals surface area contributed by atoms with Gasteiger partial charge in [0.2, 0.25) is 0 Å². The van der Waals surface area contributed by atoms with E-state index in [0.29, 0.717) is 23.5 Å². The highest BCUT2D eigenvalue weighted by Crippen LogP contribution is 2.33. The fourth-order valence-electron chi connectivity index (χ4n) is 2.71. The summed E-state index contributed by atoms with van der Waals surface area (Å²) in [5, 5.41) is 2.90. The highest BCUT2D eigenvalue weighted by atomic mass is 32.1. The van der Waals surface area contributed by atoms with E-state index in [1.807, 2.05) is 0 Å². The number of nitrogens with one attached hydrogen (secondary N) is 1. The van der Waals surface area contributed by atoms with Gasteiger partial charge in [0.25, 0.3) is 11.8 Å². The molecule has 0 spiro atoms. The molecule has 1 aromatic heterocycles. The number of nitrogens with two attached hydrogens (primary N) is 1. The van der Waals surface area contributed by atoms with E-state index >= 15 is 0 Å². The molecule has 0 atom stereocenters. The van der Waals surface area contributed by atoms with Crippen molar-refractivity contribution in [3.8, 4) is 5.75 Å². The van der Waals surface area contributed by atoms with Crippen LogP contribution in [0.2, 0.25) is 0 Å². The smallest absolute Gasteiger partial charge is 0.348 e. The van der Waals surface area contributed by atoms with E-state index in [1.54, 1.807) is 38.1 Å². The van der Waals surface area contributed by atoms with Crippen LogP contribution in [0.3, 0.4) is 0 Å². The fraction of sp³-hybridized carbons (Fsp3) is 0.381. The summed E-state index contributed by atoms with van der Waals surface area (Å²) in [6.45, 7) is 6.25. The molecule has 7 nitrogen and oxygen atoms in total. The van der Waals surface area contributed by atoms with Crippen molar-refractivity contribution in [2.75, 3.05) is 18.5 Å². The number of benzene rings is 1. The van der Waals surface area contributed by atoms with Crippen molar-refractivity contribution in [1.82, 2.24) is 0 Å². The molecule has 0 bridgehead atoms. The highest BCUT2D eigenvalue weighted by Gasteiger charge is 2.25. The lowest BCUT2D eigenvalue weighted by Gasteiger charge is -2.08. The molecule has 1 heterocycles. The molecule has 2 amide bonds. The van der Waals surface area contributed by atoms with Crippen LogP contribution in [0.5, 0.6) is 5.75 Å². The Bertz CT molecular complexity index is 874. The third-order valence-electron chi connectivity index (χ3n) is 4.21. The summed E-state index contributed by atoms with van der Waals surface area (Å²) in [5.74, 6) is -1.00. The van der Waals surface area contributed by atoms with Crippen molar-refractivity contribution in [3.05, 3.63) is 45.8 Å². The number of ether oxygens (including phenoxy) is 2. The Balaban J connectivity index is 2.14. The number of primary amides is 1. The normalized spacial score (nSPS) is 10.4. The number of carbonyl (C=O) groups excluding carboxylic acids is 3. The standard InChI is InChI=1S/C21H26N2O5S/c1-4-6-7-12-28-15-10-8-14(9-11-15)19(25)23-20-16(18(22)24)13(3)17(29-20)21(26)27-5-2/h8-11H,4-7,12H2,1-3H3,(H2,22,24)(H,23,25). The van der Waals surface area contributed by atoms with E-state index in [9.17, 15) is 14.4 Å². The summed E-state index contributed by atoms with van der Waals surface area (Å²) in [5.41, 5.74) is 6.36. The van der Waals surface area contributed by atoms with Gasteiger partial charge in [0, 0.05) is 5.56 Å². The Morgan fingerprint density at radius 2 is 1.79 bits per heavy atom. The Morgan fingerprint density at radius 3 is 2.38 bits per heavy atom. The largest absolute Gasteiger partial charge is 0.494 e. The second-order valence-corrected chi connectivity index (χ2v) is 7.40. The Morgan fingerprint density at radius 1 is 1.10 bits per heavy atom. The summed E-state index contributed by atoms with van der Waals surface area (Å²) in [6.07, 6.45) is 3.21. The van der Waals surface area contributed by atoms with Gasteiger partial charge in [0.15, 0.2) is 0 Å². The van der Waals surface area contributed by atoms with E-state index < -0.39 is 17.8 Å². The van der Waals surface area contributed by atoms with Gasteiger partial charge < -0.3 is 20.5 Å². The van der Waals surface area contributed by atoms with Crippen molar-refractivity contribution in [2.45, 2.75) is 40.0 Å². The summed E-state index contributed by atoms with van der Waals surface area (Å²) in [6, 6.07) is 6.72. The maximum Gasteiger partial charge on any atom is 0.348 e. The van der Waals surface area contributed by atoms with Crippen molar-refractivity contribution < 1.29 is 23.9 Å². The van der Waals surface area contributed by atoms with Crippen LogP contribution in [0.4, 0.5) is 5.00 Å². The average molecular weight is 419 g/mol. The molecule has 0 aliphatic heterocycles. The molecule has 3 N–H and O–H groups in total. The molecule has 29 heavy (non-hydrogen) atoms. The van der Waals surface area contributed by atoms with Gasteiger partial charge in [-0.15, -0.1) is 11.3 Å². The van der Waals surface area contributed by atoms with Gasteiger partial charge in [-0.3, -0.25) is 9.59 Å². The van der Waals surface area contributed by atoms with Gasteiger partial charge in [0.05, 0.1) is 18.8 Å². The molecule has 0 saturated heterocycles. The molecule has 2 rings (SSSR count). The first kappa shape index (κ1) is 22.4. The zero-order valence-electron chi connectivity index (χ0n) is 16.9. The minimum Gasteiger partial charge on any atom is -0.494 e. The second-order valence-electron chi connectivity index (χ2n) is 6.38. The van der Waals surface area contributed by atoms with Crippen LogP contribution < -0.4 is 15.8 Å². The first-order valence-corrected chi connectivity index (χ1v) is 10.3. The van der Waals surface area contributed by atoms with Gasteiger partial charge in [-0.1, -0.05) is 19.8 Å².